The van der Waals surface area contributed by atoms with Crippen molar-refractivity contribution in [2.75, 3.05) is 41.7 Å². The van der Waals surface area contributed by atoms with Crippen LogP contribution >= 0.6 is 0 Å². The zero-order chi connectivity index (χ0) is 19.4. The van der Waals surface area contributed by atoms with Gasteiger partial charge in [-0.1, -0.05) is 6.07 Å². The van der Waals surface area contributed by atoms with Crippen LogP contribution in [0, 0.1) is 0 Å². The van der Waals surface area contributed by atoms with Crippen LogP contribution in [-0.2, 0) is 0 Å². The fourth-order valence-electron chi connectivity index (χ4n) is 2.99. The van der Waals surface area contributed by atoms with Gasteiger partial charge in [-0.3, -0.25) is 4.79 Å². The molecular weight excluding hydrogens is 348 g/mol. The van der Waals surface area contributed by atoms with Crippen LogP contribution in [-0.4, -0.2) is 52.5 Å². The minimum atomic E-state index is -0.177. The molecule has 3 rings (SSSR count). The molecule has 2 aromatic carbocycles. The Morgan fingerprint density at radius 3 is 2.52 bits per heavy atom. The van der Waals surface area contributed by atoms with E-state index in [1.165, 1.54) is 0 Å². The molecule has 0 bridgehead atoms. The summed E-state index contributed by atoms with van der Waals surface area (Å²) in [5.41, 5.74) is 1.55. The van der Waals surface area contributed by atoms with Crippen LogP contribution in [0.1, 0.15) is 22.0 Å². The van der Waals surface area contributed by atoms with Gasteiger partial charge in [-0.15, -0.1) is 0 Å². The second-order valence-corrected chi connectivity index (χ2v) is 6.37. The lowest BCUT2D eigenvalue weighted by atomic mass is 10.0. The van der Waals surface area contributed by atoms with Crippen molar-refractivity contribution in [2.24, 2.45) is 0 Å². The number of ether oxygens (including phenoxy) is 4. The molecule has 0 saturated heterocycles. The number of nitrogens with zero attached hydrogens (tertiary/aromatic N) is 1. The van der Waals surface area contributed by atoms with Crippen LogP contribution in [0.25, 0.3) is 0 Å². The van der Waals surface area contributed by atoms with Crippen molar-refractivity contribution in [1.82, 2.24) is 10.2 Å². The molecule has 0 radical (unpaired) electrons. The molecule has 1 heterocycles. The number of amides is 1. The van der Waals surface area contributed by atoms with Crippen LogP contribution in [0.2, 0.25) is 0 Å². The third-order valence-corrected chi connectivity index (χ3v) is 4.51. The van der Waals surface area contributed by atoms with Crippen molar-refractivity contribution < 1.29 is 23.7 Å². The summed E-state index contributed by atoms with van der Waals surface area (Å²) in [7, 11) is 7.04. The molecule has 1 amide bonds. The standard InChI is InChI=1S/C20H24N2O5/c1-22(2)15(13-5-8-17-19(9-13)27-12-26-17)11-21-20(23)14-6-7-16(24-3)18(10-14)25-4/h5-10,15H,11-12H2,1-4H3,(H,21,23). The van der Waals surface area contributed by atoms with E-state index in [0.717, 1.165) is 17.1 Å². The van der Waals surface area contributed by atoms with Gasteiger partial charge in [0.2, 0.25) is 6.79 Å². The fraction of sp³-hybridized carbons (Fsp3) is 0.350. The molecule has 2 aromatic rings. The highest BCUT2D eigenvalue weighted by molar-refractivity contribution is 5.94. The Hall–Kier alpha value is -2.93. The van der Waals surface area contributed by atoms with E-state index >= 15 is 0 Å². The molecule has 0 aromatic heterocycles. The Morgan fingerprint density at radius 2 is 1.81 bits per heavy atom. The molecule has 27 heavy (non-hydrogen) atoms. The third kappa shape index (κ3) is 4.09. The summed E-state index contributed by atoms with van der Waals surface area (Å²) >= 11 is 0. The molecule has 0 fully saturated rings. The van der Waals surface area contributed by atoms with Crippen LogP contribution in [0.4, 0.5) is 0 Å². The summed E-state index contributed by atoms with van der Waals surface area (Å²) in [5, 5.41) is 2.99. The molecule has 0 spiro atoms. The third-order valence-electron chi connectivity index (χ3n) is 4.51. The molecule has 0 saturated carbocycles. The van der Waals surface area contributed by atoms with Gasteiger partial charge in [-0.2, -0.15) is 0 Å². The normalized spacial score (nSPS) is 13.4. The van der Waals surface area contributed by atoms with E-state index in [2.05, 4.69) is 5.32 Å². The van der Waals surface area contributed by atoms with Crippen LogP contribution < -0.4 is 24.3 Å². The fourth-order valence-corrected chi connectivity index (χ4v) is 2.99. The maximum absolute atomic E-state index is 12.6. The monoisotopic (exact) mass is 372 g/mol. The van der Waals surface area contributed by atoms with E-state index in [4.69, 9.17) is 18.9 Å². The van der Waals surface area contributed by atoms with E-state index in [0.29, 0.717) is 23.6 Å². The van der Waals surface area contributed by atoms with Gasteiger partial charge in [0.1, 0.15) is 0 Å². The number of likely N-dealkylation sites (N-methyl/N-ethyl adjacent to an activating group) is 1. The summed E-state index contributed by atoms with van der Waals surface area (Å²) in [6.07, 6.45) is 0. The van der Waals surface area contributed by atoms with Gasteiger partial charge in [0.25, 0.3) is 5.91 Å². The van der Waals surface area contributed by atoms with Crippen molar-refractivity contribution in [3.05, 3.63) is 47.5 Å². The van der Waals surface area contributed by atoms with Gasteiger partial charge in [-0.05, 0) is 50.0 Å². The predicted octanol–water partition coefficient (Wildman–Crippen LogP) is 2.47. The highest BCUT2D eigenvalue weighted by atomic mass is 16.7. The Morgan fingerprint density at radius 1 is 1.07 bits per heavy atom. The molecule has 7 heteroatoms. The van der Waals surface area contributed by atoms with E-state index < -0.39 is 0 Å². The van der Waals surface area contributed by atoms with Crippen LogP contribution in [0.15, 0.2) is 36.4 Å². The average molecular weight is 372 g/mol. The molecule has 1 N–H and O–H groups in total. The zero-order valence-electron chi connectivity index (χ0n) is 15.9. The summed E-state index contributed by atoms with van der Waals surface area (Å²) in [6, 6.07) is 10.9. The number of carbonyl (C=O) groups is 1. The van der Waals surface area contributed by atoms with E-state index in [9.17, 15) is 4.79 Å². The molecular formula is C20H24N2O5. The maximum Gasteiger partial charge on any atom is 0.251 e. The summed E-state index contributed by atoms with van der Waals surface area (Å²) < 4.78 is 21.3. The number of nitrogens with one attached hydrogen (secondary N) is 1. The molecule has 1 aliphatic rings. The van der Waals surface area contributed by atoms with E-state index in [1.807, 2.05) is 37.2 Å². The van der Waals surface area contributed by atoms with Crippen molar-refractivity contribution >= 4 is 5.91 Å². The SMILES string of the molecule is COc1ccc(C(=O)NCC(c2ccc3c(c2)OCO3)N(C)C)cc1OC. The van der Waals surface area contributed by atoms with Crippen LogP contribution in [0.3, 0.4) is 0 Å². The molecule has 144 valence electrons. The Balaban J connectivity index is 1.72. The molecule has 1 atom stereocenters. The number of fused-ring (bicyclic) bond motifs is 1. The number of hydrogen-bond acceptors (Lipinski definition) is 6. The van der Waals surface area contributed by atoms with Gasteiger partial charge in [-0.25, -0.2) is 0 Å². The molecule has 1 unspecified atom stereocenters. The summed E-state index contributed by atoms with van der Waals surface area (Å²) in [5.74, 6) is 2.39. The van der Waals surface area contributed by atoms with Gasteiger partial charge in [0.05, 0.1) is 20.3 Å². The largest absolute Gasteiger partial charge is 0.493 e. The van der Waals surface area contributed by atoms with Crippen LogP contribution in [0.5, 0.6) is 23.0 Å². The average Bonchev–Trinajstić information content (AvgIpc) is 3.15. The highest BCUT2D eigenvalue weighted by Crippen LogP contribution is 2.35. The Kier molecular flexibility index (Phi) is 5.71. The second-order valence-electron chi connectivity index (χ2n) is 6.37. The number of carbonyl (C=O) groups excluding carboxylic acids is 1. The number of rotatable bonds is 7. The lowest BCUT2D eigenvalue weighted by Crippen LogP contribution is -2.34. The van der Waals surface area contributed by atoms with Crippen molar-refractivity contribution in [1.29, 1.82) is 0 Å². The lowest BCUT2D eigenvalue weighted by molar-refractivity contribution is 0.0941. The first-order chi connectivity index (χ1) is 13.0. The van der Waals surface area contributed by atoms with Gasteiger partial charge in [0.15, 0.2) is 23.0 Å². The topological polar surface area (TPSA) is 69.3 Å². The van der Waals surface area contributed by atoms with Gasteiger partial charge in [0, 0.05) is 12.1 Å². The van der Waals surface area contributed by atoms with E-state index in [1.54, 1.807) is 32.4 Å². The van der Waals surface area contributed by atoms with Gasteiger partial charge >= 0.3 is 0 Å². The summed E-state index contributed by atoms with van der Waals surface area (Å²) in [4.78, 5) is 14.6. The predicted molar refractivity (Wildman–Crippen MR) is 101 cm³/mol. The first kappa shape index (κ1) is 18.8. The second kappa shape index (κ2) is 8.18. The minimum absolute atomic E-state index is 0.0106. The number of hydrogen-bond donors (Lipinski definition) is 1. The first-order valence-electron chi connectivity index (χ1n) is 8.59. The van der Waals surface area contributed by atoms with E-state index in [-0.39, 0.29) is 18.7 Å². The highest BCUT2D eigenvalue weighted by Gasteiger charge is 2.20. The van der Waals surface area contributed by atoms with Crippen molar-refractivity contribution in [3.63, 3.8) is 0 Å². The number of benzene rings is 2. The number of methoxy groups -OCH3 is 2. The Labute approximate surface area is 158 Å². The Bertz CT molecular complexity index is 822. The maximum atomic E-state index is 12.6. The molecule has 1 aliphatic heterocycles. The first-order valence-corrected chi connectivity index (χ1v) is 8.59. The minimum Gasteiger partial charge on any atom is -0.493 e. The molecule has 7 nitrogen and oxygen atoms in total. The smallest absolute Gasteiger partial charge is 0.251 e. The quantitative estimate of drug-likeness (QED) is 0.805. The van der Waals surface area contributed by atoms with Crippen molar-refractivity contribution in [3.8, 4) is 23.0 Å². The summed E-state index contributed by atoms with van der Waals surface area (Å²) in [6.45, 7) is 0.682. The van der Waals surface area contributed by atoms with Crippen molar-refractivity contribution in [2.45, 2.75) is 6.04 Å². The van der Waals surface area contributed by atoms with Gasteiger partial charge < -0.3 is 29.2 Å². The lowest BCUT2D eigenvalue weighted by Gasteiger charge is -2.25. The molecule has 0 aliphatic carbocycles. The zero-order valence-corrected chi connectivity index (χ0v) is 15.9.